The van der Waals surface area contributed by atoms with Crippen LogP contribution in [-0.2, 0) is 4.79 Å². The number of anilines is 1. The minimum absolute atomic E-state index is 0.311. The van der Waals surface area contributed by atoms with Crippen molar-refractivity contribution in [3.63, 3.8) is 0 Å². The summed E-state index contributed by atoms with van der Waals surface area (Å²) in [6.07, 6.45) is 0.697. The molecular weight excluding hydrogens is 260 g/mol. The number of aryl methyl sites for hydroxylation is 1. The average molecular weight is 280 g/mol. The maximum absolute atomic E-state index is 12.1. The molecule has 0 fully saturated rings. The fraction of sp³-hybridized carbons (Fsp3) is 0.429. The van der Waals surface area contributed by atoms with E-state index in [-0.39, 0.29) is 6.54 Å². The van der Waals surface area contributed by atoms with E-state index in [1.807, 2.05) is 13.8 Å². The van der Waals surface area contributed by atoms with E-state index >= 15 is 0 Å². The summed E-state index contributed by atoms with van der Waals surface area (Å²) in [5, 5.41) is 11.5. The van der Waals surface area contributed by atoms with E-state index in [4.69, 9.17) is 9.84 Å². The third-order valence-electron chi connectivity index (χ3n) is 2.78. The number of carbonyl (C=O) groups is 2. The number of ether oxygens (including phenoxy) is 1. The van der Waals surface area contributed by atoms with E-state index in [0.717, 1.165) is 5.56 Å². The van der Waals surface area contributed by atoms with E-state index in [0.29, 0.717) is 24.4 Å². The predicted molar refractivity (Wildman–Crippen MR) is 76.2 cm³/mol. The number of methoxy groups -OCH3 is 1. The molecule has 0 spiro atoms. The SMILES string of the molecule is CCCN(CC(=O)O)C(=O)Nc1ccc(OC)cc1C. The third kappa shape index (κ3) is 4.46. The Labute approximate surface area is 118 Å². The molecule has 0 aliphatic heterocycles. The molecule has 0 aliphatic carbocycles. The number of nitrogens with zero attached hydrogens (tertiary/aromatic N) is 1. The number of nitrogens with one attached hydrogen (secondary N) is 1. The van der Waals surface area contributed by atoms with Crippen molar-refractivity contribution in [2.75, 3.05) is 25.5 Å². The maximum atomic E-state index is 12.1. The monoisotopic (exact) mass is 280 g/mol. The Kier molecular flexibility index (Phi) is 5.83. The Bertz CT molecular complexity index is 488. The van der Waals surface area contributed by atoms with Crippen LogP contribution in [0, 0.1) is 6.92 Å². The van der Waals surface area contributed by atoms with E-state index < -0.39 is 12.0 Å². The summed E-state index contributed by atoms with van der Waals surface area (Å²) < 4.78 is 5.09. The van der Waals surface area contributed by atoms with Crippen molar-refractivity contribution in [1.29, 1.82) is 0 Å². The number of amides is 2. The number of hydrogen-bond acceptors (Lipinski definition) is 3. The molecule has 1 aromatic carbocycles. The minimum atomic E-state index is -1.03. The first kappa shape index (κ1) is 15.8. The summed E-state index contributed by atoms with van der Waals surface area (Å²) in [6.45, 7) is 3.82. The van der Waals surface area contributed by atoms with Crippen molar-refractivity contribution in [2.24, 2.45) is 0 Å². The van der Waals surface area contributed by atoms with Crippen molar-refractivity contribution >= 4 is 17.7 Å². The zero-order valence-electron chi connectivity index (χ0n) is 12.0. The van der Waals surface area contributed by atoms with Crippen LogP contribution in [0.2, 0.25) is 0 Å². The molecule has 0 saturated carbocycles. The van der Waals surface area contributed by atoms with Crippen LogP contribution in [0.1, 0.15) is 18.9 Å². The third-order valence-corrected chi connectivity index (χ3v) is 2.78. The highest BCUT2D eigenvalue weighted by Crippen LogP contribution is 2.21. The second kappa shape index (κ2) is 7.37. The predicted octanol–water partition coefficient (Wildman–Crippen LogP) is 2.33. The number of carbonyl (C=O) groups excluding carboxylic acids is 1. The molecule has 0 aromatic heterocycles. The summed E-state index contributed by atoms with van der Waals surface area (Å²) in [4.78, 5) is 24.1. The lowest BCUT2D eigenvalue weighted by atomic mass is 10.2. The topological polar surface area (TPSA) is 78.9 Å². The molecule has 2 amide bonds. The molecule has 0 unspecified atom stereocenters. The van der Waals surface area contributed by atoms with Gasteiger partial charge < -0.3 is 20.1 Å². The summed E-state index contributed by atoms with van der Waals surface area (Å²) in [5.41, 5.74) is 1.49. The van der Waals surface area contributed by atoms with Crippen LogP contribution in [0.25, 0.3) is 0 Å². The fourth-order valence-corrected chi connectivity index (χ4v) is 1.78. The molecule has 0 heterocycles. The lowest BCUT2D eigenvalue weighted by Crippen LogP contribution is -2.39. The molecule has 1 aromatic rings. The van der Waals surface area contributed by atoms with Crippen LogP contribution in [-0.4, -0.2) is 42.2 Å². The summed E-state index contributed by atoms with van der Waals surface area (Å²) in [5.74, 6) is -0.323. The number of aliphatic carboxylic acids is 1. The average Bonchev–Trinajstić information content (AvgIpc) is 2.40. The summed E-state index contributed by atoms with van der Waals surface area (Å²) in [6, 6.07) is 4.86. The Morgan fingerprint density at radius 1 is 1.40 bits per heavy atom. The fourth-order valence-electron chi connectivity index (χ4n) is 1.78. The van der Waals surface area contributed by atoms with Gasteiger partial charge in [0.15, 0.2) is 0 Å². The molecule has 2 N–H and O–H groups in total. The van der Waals surface area contributed by atoms with Crippen LogP contribution in [0.4, 0.5) is 10.5 Å². The highest BCUT2D eigenvalue weighted by Gasteiger charge is 2.16. The first-order chi connectivity index (χ1) is 9.47. The standard InChI is InChI=1S/C14H20N2O4/c1-4-7-16(9-13(17)18)14(19)15-12-6-5-11(20-3)8-10(12)2/h5-6,8H,4,7,9H2,1-3H3,(H,15,19)(H,17,18). The molecule has 20 heavy (non-hydrogen) atoms. The van der Waals surface area contributed by atoms with E-state index in [1.165, 1.54) is 4.90 Å². The number of carboxylic acids is 1. The van der Waals surface area contributed by atoms with E-state index in [1.54, 1.807) is 25.3 Å². The van der Waals surface area contributed by atoms with Gasteiger partial charge in [0.1, 0.15) is 12.3 Å². The molecular formula is C14H20N2O4. The van der Waals surface area contributed by atoms with Crippen molar-refractivity contribution in [3.8, 4) is 5.75 Å². The smallest absolute Gasteiger partial charge is 0.323 e. The van der Waals surface area contributed by atoms with Crippen molar-refractivity contribution in [2.45, 2.75) is 20.3 Å². The molecule has 0 aliphatic rings. The van der Waals surface area contributed by atoms with Crippen LogP contribution in [0.3, 0.4) is 0 Å². The van der Waals surface area contributed by atoms with Gasteiger partial charge in [-0.25, -0.2) is 4.79 Å². The highest BCUT2D eigenvalue weighted by molar-refractivity contribution is 5.92. The van der Waals surface area contributed by atoms with Gasteiger partial charge in [-0.15, -0.1) is 0 Å². The normalized spacial score (nSPS) is 9.95. The molecule has 1 rings (SSSR count). The van der Waals surface area contributed by atoms with Gasteiger partial charge in [-0.05, 0) is 37.1 Å². The number of rotatable bonds is 6. The van der Waals surface area contributed by atoms with Gasteiger partial charge in [0.2, 0.25) is 0 Å². The Balaban J connectivity index is 2.79. The Morgan fingerprint density at radius 3 is 2.60 bits per heavy atom. The van der Waals surface area contributed by atoms with Gasteiger partial charge in [-0.1, -0.05) is 6.92 Å². The van der Waals surface area contributed by atoms with Crippen molar-refractivity contribution in [3.05, 3.63) is 23.8 Å². The number of benzene rings is 1. The molecule has 0 bridgehead atoms. The second-order valence-electron chi connectivity index (χ2n) is 4.43. The second-order valence-corrected chi connectivity index (χ2v) is 4.43. The van der Waals surface area contributed by atoms with Crippen LogP contribution in [0.5, 0.6) is 5.75 Å². The molecule has 0 saturated heterocycles. The molecule has 110 valence electrons. The highest BCUT2D eigenvalue weighted by atomic mass is 16.5. The zero-order chi connectivity index (χ0) is 15.1. The molecule has 0 radical (unpaired) electrons. The van der Waals surface area contributed by atoms with Gasteiger partial charge in [0, 0.05) is 12.2 Å². The molecule has 6 nitrogen and oxygen atoms in total. The van der Waals surface area contributed by atoms with E-state index in [2.05, 4.69) is 5.32 Å². The minimum Gasteiger partial charge on any atom is -0.497 e. The molecule has 0 atom stereocenters. The lowest BCUT2D eigenvalue weighted by molar-refractivity contribution is -0.137. The quantitative estimate of drug-likeness (QED) is 0.838. The largest absolute Gasteiger partial charge is 0.497 e. The molecule has 6 heteroatoms. The number of urea groups is 1. The van der Waals surface area contributed by atoms with Crippen molar-refractivity contribution < 1.29 is 19.4 Å². The first-order valence-electron chi connectivity index (χ1n) is 6.40. The lowest BCUT2D eigenvalue weighted by Gasteiger charge is -2.21. The number of carboxylic acid groups (broad SMARTS) is 1. The Morgan fingerprint density at radius 2 is 2.10 bits per heavy atom. The van der Waals surface area contributed by atoms with Gasteiger partial charge in [0.05, 0.1) is 7.11 Å². The van der Waals surface area contributed by atoms with E-state index in [9.17, 15) is 9.59 Å². The van der Waals surface area contributed by atoms with Crippen LogP contribution in [0.15, 0.2) is 18.2 Å². The van der Waals surface area contributed by atoms with Crippen molar-refractivity contribution in [1.82, 2.24) is 4.90 Å². The summed E-state index contributed by atoms with van der Waals surface area (Å²) in [7, 11) is 1.57. The van der Waals surface area contributed by atoms with Crippen LogP contribution >= 0.6 is 0 Å². The number of hydrogen-bond donors (Lipinski definition) is 2. The summed E-state index contributed by atoms with van der Waals surface area (Å²) >= 11 is 0. The Hall–Kier alpha value is -2.24. The van der Waals surface area contributed by atoms with Crippen LogP contribution < -0.4 is 10.1 Å². The zero-order valence-corrected chi connectivity index (χ0v) is 12.0. The first-order valence-corrected chi connectivity index (χ1v) is 6.40. The van der Waals surface area contributed by atoms with Gasteiger partial charge in [-0.2, -0.15) is 0 Å². The van der Waals surface area contributed by atoms with Gasteiger partial charge >= 0.3 is 12.0 Å². The maximum Gasteiger partial charge on any atom is 0.323 e. The van der Waals surface area contributed by atoms with Gasteiger partial charge in [0.25, 0.3) is 0 Å². The van der Waals surface area contributed by atoms with Gasteiger partial charge in [-0.3, -0.25) is 4.79 Å².